The Morgan fingerprint density at radius 3 is 2.52 bits per heavy atom. The van der Waals surface area contributed by atoms with Crippen LogP contribution in [0.15, 0.2) is 48.5 Å². The SMILES string of the molecule is CCC[C@@H](NC(=O)[C@H](C)[NH+]1CC[NH+](Cc2ccc3c(c2)OCO3)CC1)c1ccccc1. The van der Waals surface area contributed by atoms with Crippen LogP contribution in [0.5, 0.6) is 11.5 Å². The molecule has 1 fully saturated rings. The summed E-state index contributed by atoms with van der Waals surface area (Å²) >= 11 is 0. The molecular formula is C25H35N3O3+2. The molecule has 0 unspecified atom stereocenters. The van der Waals surface area contributed by atoms with Crippen molar-refractivity contribution in [3.63, 3.8) is 0 Å². The van der Waals surface area contributed by atoms with Gasteiger partial charge in [0.05, 0.1) is 6.04 Å². The molecule has 0 radical (unpaired) electrons. The molecule has 0 aliphatic carbocycles. The van der Waals surface area contributed by atoms with Crippen molar-refractivity contribution in [1.29, 1.82) is 0 Å². The minimum atomic E-state index is -0.0323. The zero-order chi connectivity index (χ0) is 21.6. The van der Waals surface area contributed by atoms with Gasteiger partial charge in [-0.1, -0.05) is 43.7 Å². The van der Waals surface area contributed by atoms with E-state index in [9.17, 15) is 4.79 Å². The number of carbonyl (C=O) groups excluding carboxylic acids is 1. The molecule has 2 aliphatic rings. The zero-order valence-corrected chi connectivity index (χ0v) is 18.7. The van der Waals surface area contributed by atoms with Gasteiger partial charge in [-0.2, -0.15) is 0 Å². The molecule has 0 spiro atoms. The third-order valence-electron chi connectivity index (χ3n) is 6.59. The molecule has 2 aromatic carbocycles. The lowest BCUT2D eigenvalue weighted by Gasteiger charge is -2.33. The first-order valence-corrected chi connectivity index (χ1v) is 11.6. The summed E-state index contributed by atoms with van der Waals surface area (Å²) in [6, 6.07) is 16.6. The highest BCUT2D eigenvalue weighted by atomic mass is 16.7. The normalized spacial score (nSPS) is 22.0. The van der Waals surface area contributed by atoms with Crippen LogP contribution in [0.3, 0.4) is 0 Å². The van der Waals surface area contributed by atoms with Crippen LogP contribution in [0.1, 0.15) is 43.9 Å². The van der Waals surface area contributed by atoms with Crippen LogP contribution in [-0.4, -0.2) is 44.9 Å². The standard InChI is InChI=1S/C25H33N3O3/c1-3-7-22(21-8-5-4-6-9-21)26-25(29)19(2)28-14-12-27(13-15-28)17-20-10-11-23-24(16-20)31-18-30-23/h4-6,8-11,16,19,22H,3,7,12-15,17-18H2,1-2H3,(H,26,29)/p+2/t19-,22+/m0/s1. The fourth-order valence-electron chi connectivity index (χ4n) is 4.65. The van der Waals surface area contributed by atoms with Crippen molar-refractivity contribution < 1.29 is 24.1 Å². The molecule has 1 amide bonds. The van der Waals surface area contributed by atoms with Crippen molar-refractivity contribution in [1.82, 2.24) is 5.32 Å². The average molecular weight is 426 g/mol. The maximum Gasteiger partial charge on any atom is 0.278 e. The van der Waals surface area contributed by atoms with Crippen molar-refractivity contribution in [2.75, 3.05) is 33.0 Å². The Bertz CT molecular complexity index is 866. The van der Waals surface area contributed by atoms with Crippen LogP contribution < -0.4 is 24.6 Å². The van der Waals surface area contributed by atoms with E-state index >= 15 is 0 Å². The van der Waals surface area contributed by atoms with Crippen molar-refractivity contribution in [2.24, 2.45) is 0 Å². The molecule has 6 heteroatoms. The lowest BCUT2D eigenvalue weighted by molar-refractivity contribution is -1.02. The lowest BCUT2D eigenvalue weighted by Crippen LogP contribution is -3.29. The van der Waals surface area contributed by atoms with E-state index in [1.165, 1.54) is 16.0 Å². The highest BCUT2D eigenvalue weighted by molar-refractivity contribution is 5.80. The number of carbonyl (C=O) groups is 1. The summed E-state index contributed by atoms with van der Waals surface area (Å²) in [6.45, 7) is 9.70. The number of hydrogen-bond acceptors (Lipinski definition) is 3. The monoisotopic (exact) mass is 425 g/mol. The van der Waals surface area contributed by atoms with Gasteiger partial charge in [-0.05, 0) is 37.1 Å². The van der Waals surface area contributed by atoms with Gasteiger partial charge >= 0.3 is 0 Å². The topological polar surface area (TPSA) is 56.4 Å². The van der Waals surface area contributed by atoms with E-state index in [0.717, 1.165) is 57.1 Å². The number of nitrogens with one attached hydrogen (secondary N) is 3. The minimum Gasteiger partial charge on any atom is -0.454 e. The summed E-state index contributed by atoms with van der Waals surface area (Å²) < 4.78 is 10.9. The Kier molecular flexibility index (Phi) is 7.10. The molecule has 0 saturated carbocycles. The van der Waals surface area contributed by atoms with Gasteiger partial charge in [0.2, 0.25) is 6.79 Å². The summed E-state index contributed by atoms with van der Waals surface area (Å²) in [6.07, 6.45) is 2.01. The fourth-order valence-corrected chi connectivity index (χ4v) is 4.65. The molecule has 3 N–H and O–H groups in total. The molecule has 1 saturated heterocycles. The van der Waals surface area contributed by atoms with E-state index < -0.39 is 0 Å². The summed E-state index contributed by atoms with van der Waals surface area (Å²) in [4.78, 5) is 16.0. The second-order valence-corrected chi connectivity index (χ2v) is 8.75. The first-order chi connectivity index (χ1) is 15.1. The smallest absolute Gasteiger partial charge is 0.278 e. The number of ether oxygens (including phenoxy) is 2. The average Bonchev–Trinajstić information content (AvgIpc) is 3.27. The van der Waals surface area contributed by atoms with Crippen molar-refractivity contribution in [3.05, 3.63) is 59.7 Å². The summed E-state index contributed by atoms with van der Waals surface area (Å²) in [7, 11) is 0. The molecular weight excluding hydrogens is 390 g/mol. The van der Waals surface area contributed by atoms with Crippen LogP contribution in [0.25, 0.3) is 0 Å². The Balaban J connectivity index is 1.28. The van der Waals surface area contributed by atoms with E-state index in [0.29, 0.717) is 6.79 Å². The number of fused-ring (bicyclic) bond motifs is 1. The highest BCUT2D eigenvalue weighted by Crippen LogP contribution is 2.32. The van der Waals surface area contributed by atoms with Crippen LogP contribution >= 0.6 is 0 Å². The number of piperazine rings is 1. The van der Waals surface area contributed by atoms with Crippen LogP contribution in [0.2, 0.25) is 0 Å². The van der Waals surface area contributed by atoms with Gasteiger partial charge in [-0.3, -0.25) is 4.79 Å². The first-order valence-electron chi connectivity index (χ1n) is 11.6. The van der Waals surface area contributed by atoms with Gasteiger partial charge < -0.3 is 24.6 Å². The largest absolute Gasteiger partial charge is 0.454 e. The minimum absolute atomic E-state index is 0.0323. The Morgan fingerprint density at radius 1 is 1.03 bits per heavy atom. The van der Waals surface area contributed by atoms with Gasteiger partial charge in [0.1, 0.15) is 32.7 Å². The summed E-state index contributed by atoms with van der Waals surface area (Å²) in [5.74, 6) is 1.85. The summed E-state index contributed by atoms with van der Waals surface area (Å²) in [5.41, 5.74) is 2.47. The second-order valence-electron chi connectivity index (χ2n) is 8.75. The lowest BCUT2D eigenvalue weighted by atomic mass is 10.0. The highest BCUT2D eigenvalue weighted by Gasteiger charge is 2.32. The summed E-state index contributed by atoms with van der Waals surface area (Å²) in [5, 5.41) is 3.31. The molecule has 0 bridgehead atoms. The third-order valence-corrected chi connectivity index (χ3v) is 6.59. The van der Waals surface area contributed by atoms with Crippen molar-refractivity contribution >= 4 is 5.91 Å². The number of benzene rings is 2. The quantitative estimate of drug-likeness (QED) is 0.585. The Labute approximate surface area is 185 Å². The molecule has 31 heavy (non-hydrogen) atoms. The van der Waals surface area contributed by atoms with Gasteiger partial charge in [0.25, 0.3) is 5.91 Å². The maximum absolute atomic E-state index is 13.0. The molecule has 166 valence electrons. The van der Waals surface area contributed by atoms with E-state index in [1.54, 1.807) is 4.90 Å². The molecule has 2 heterocycles. The third kappa shape index (κ3) is 5.38. The van der Waals surface area contributed by atoms with Crippen molar-refractivity contribution in [2.45, 2.75) is 45.3 Å². The van der Waals surface area contributed by atoms with E-state index in [-0.39, 0.29) is 18.0 Å². The maximum atomic E-state index is 13.0. The first kappa shape index (κ1) is 21.7. The molecule has 4 rings (SSSR count). The van der Waals surface area contributed by atoms with Gasteiger partial charge in [0.15, 0.2) is 17.5 Å². The Morgan fingerprint density at radius 2 is 1.77 bits per heavy atom. The van der Waals surface area contributed by atoms with Crippen LogP contribution in [-0.2, 0) is 11.3 Å². The van der Waals surface area contributed by atoms with E-state index in [1.807, 2.05) is 24.3 Å². The predicted molar refractivity (Wildman–Crippen MR) is 119 cm³/mol. The van der Waals surface area contributed by atoms with Crippen LogP contribution in [0, 0.1) is 0 Å². The molecule has 2 aromatic rings. The second kappa shape index (κ2) is 10.2. The van der Waals surface area contributed by atoms with Gasteiger partial charge in [-0.15, -0.1) is 0 Å². The van der Waals surface area contributed by atoms with Gasteiger partial charge in [0, 0.05) is 5.56 Å². The predicted octanol–water partition coefficient (Wildman–Crippen LogP) is 0.745. The number of amides is 1. The number of quaternary nitrogens is 2. The molecule has 2 atom stereocenters. The molecule has 6 nitrogen and oxygen atoms in total. The number of hydrogen-bond donors (Lipinski definition) is 3. The van der Waals surface area contributed by atoms with E-state index in [4.69, 9.17) is 9.47 Å². The van der Waals surface area contributed by atoms with E-state index in [2.05, 4.69) is 43.4 Å². The van der Waals surface area contributed by atoms with Crippen LogP contribution in [0.4, 0.5) is 0 Å². The van der Waals surface area contributed by atoms with Crippen molar-refractivity contribution in [3.8, 4) is 11.5 Å². The Hall–Kier alpha value is -2.57. The molecule has 2 aliphatic heterocycles. The number of rotatable bonds is 8. The molecule has 0 aromatic heterocycles. The zero-order valence-electron chi connectivity index (χ0n) is 18.7. The van der Waals surface area contributed by atoms with Gasteiger partial charge in [-0.25, -0.2) is 0 Å². The fraction of sp³-hybridized carbons (Fsp3) is 0.480.